The van der Waals surface area contributed by atoms with Crippen molar-refractivity contribution in [3.63, 3.8) is 0 Å². The number of ether oxygens (including phenoxy) is 2. The lowest BCUT2D eigenvalue weighted by Crippen LogP contribution is -2.02. The maximum atomic E-state index is 5.93. The Kier molecular flexibility index (Phi) is 4.05. The lowest BCUT2D eigenvalue weighted by molar-refractivity contribution is 0.181. The lowest BCUT2D eigenvalue weighted by atomic mass is 10.1. The van der Waals surface area contributed by atoms with E-state index in [1.165, 1.54) is 10.8 Å². The molecule has 3 aromatic heterocycles. The summed E-state index contributed by atoms with van der Waals surface area (Å²) in [6.45, 7) is 0.366. The first-order valence-electron chi connectivity index (χ1n) is 7.71. The predicted octanol–water partition coefficient (Wildman–Crippen LogP) is 3.13. The quantitative estimate of drug-likeness (QED) is 0.558. The van der Waals surface area contributed by atoms with Gasteiger partial charge in [0, 0.05) is 18.7 Å². The fourth-order valence-electron chi connectivity index (χ4n) is 2.47. The van der Waals surface area contributed by atoms with Gasteiger partial charge in [0.05, 0.1) is 24.2 Å². The van der Waals surface area contributed by atoms with Crippen molar-refractivity contribution in [2.75, 3.05) is 7.11 Å². The van der Waals surface area contributed by atoms with Gasteiger partial charge in [0.2, 0.25) is 5.88 Å². The number of hydrogen-bond donors (Lipinski definition) is 0. The van der Waals surface area contributed by atoms with Crippen LogP contribution in [0.5, 0.6) is 11.6 Å². The summed E-state index contributed by atoms with van der Waals surface area (Å²) in [5.74, 6) is 1.56. The summed E-state index contributed by atoms with van der Waals surface area (Å²) >= 11 is 0. The van der Waals surface area contributed by atoms with Gasteiger partial charge in [-0.3, -0.25) is 4.98 Å². The van der Waals surface area contributed by atoms with Crippen LogP contribution in [0.2, 0.25) is 0 Å². The van der Waals surface area contributed by atoms with Gasteiger partial charge in [0.25, 0.3) is 5.78 Å². The lowest BCUT2D eigenvalue weighted by Gasteiger charge is -2.09. The van der Waals surface area contributed by atoms with Crippen LogP contribution in [0, 0.1) is 0 Å². The molecular formula is C18H15N5O2. The van der Waals surface area contributed by atoms with Crippen molar-refractivity contribution in [1.29, 1.82) is 0 Å². The molecule has 4 aromatic rings. The molecule has 0 amide bonds. The first-order valence-corrected chi connectivity index (χ1v) is 7.71. The fourth-order valence-corrected chi connectivity index (χ4v) is 2.47. The Morgan fingerprint density at radius 2 is 1.92 bits per heavy atom. The van der Waals surface area contributed by atoms with Crippen LogP contribution in [-0.4, -0.2) is 31.7 Å². The number of fused-ring (bicyclic) bond motifs is 1. The predicted molar refractivity (Wildman–Crippen MR) is 91.2 cm³/mol. The van der Waals surface area contributed by atoms with Gasteiger partial charge >= 0.3 is 0 Å². The maximum absolute atomic E-state index is 5.93. The van der Waals surface area contributed by atoms with Crippen molar-refractivity contribution >= 4 is 5.78 Å². The average Bonchev–Trinajstić information content (AvgIpc) is 3.12. The third-order valence-corrected chi connectivity index (χ3v) is 3.59. The molecule has 7 heteroatoms. The highest BCUT2D eigenvalue weighted by molar-refractivity contribution is 5.59. The minimum Gasteiger partial charge on any atom is -0.437 e. The molecule has 7 nitrogen and oxygen atoms in total. The van der Waals surface area contributed by atoms with Crippen molar-refractivity contribution in [3.8, 4) is 22.9 Å². The highest BCUT2D eigenvalue weighted by atomic mass is 16.5. The second kappa shape index (κ2) is 6.66. The van der Waals surface area contributed by atoms with Gasteiger partial charge in [-0.05, 0) is 12.1 Å². The molecule has 0 radical (unpaired) electrons. The zero-order chi connectivity index (χ0) is 17.1. The van der Waals surface area contributed by atoms with Gasteiger partial charge in [-0.15, -0.1) is 0 Å². The van der Waals surface area contributed by atoms with E-state index in [1.54, 1.807) is 19.4 Å². The van der Waals surface area contributed by atoms with E-state index in [9.17, 15) is 0 Å². The normalized spacial score (nSPS) is 10.9. The highest BCUT2D eigenvalue weighted by Gasteiger charge is 2.10. The Labute approximate surface area is 143 Å². The average molecular weight is 333 g/mol. The number of nitrogens with zero attached hydrogens (tertiary/aromatic N) is 5. The minimum absolute atomic E-state index is 0.366. The summed E-state index contributed by atoms with van der Waals surface area (Å²) in [6, 6.07) is 15.5. The Balaban J connectivity index is 1.64. The molecule has 0 fully saturated rings. The summed E-state index contributed by atoms with van der Waals surface area (Å²) in [4.78, 5) is 12.9. The highest BCUT2D eigenvalue weighted by Crippen LogP contribution is 2.24. The Bertz CT molecular complexity index is 983. The van der Waals surface area contributed by atoms with E-state index in [0.717, 1.165) is 11.3 Å². The number of benzene rings is 1. The first-order chi connectivity index (χ1) is 12.3. The molecule has 25 heavy (non-hydrogen) atoms. The molecule has 4 rings (SSSR count). The van der Waals surface area contributed by atoms with Crippen molar-refractivity contribution in [2.24, 2.45) is 0 Å². The molecule has 0 spiro atoms. The van der Waals surface area contributed by atoms with Gasteiger partial charge in [-0.2, -0.15) is 14.6 Å². The van der Waals surface area contributed by atoms with Gasteiger partial charge in [-0.1, -0.05) is 30.3 Å². The number of methoxy groups -OCH3 is 1. The second-order valence-corrected chi connectivity index (χ2v) is 5.34. The molecule has 0 atom stereocenters. The molecule has 0 N–H and O–H groups in total. The van der Waals surface area contributed by atoms with Crippen molar-refractivity contribution in [2.45, 2.75) is 6.61 Å². The van der Waals surface area contributed by atoms with E-state index in [-0.39, 0.29) is 0 Å². The van der Waals surface area contributed by atoms with Crippen LogP contribution >= 0.6 is 0 Å². The minimum atomic E-state index is 0.366. The van der Waals surface area contributed by atoms with Crippen LogP contribution in [-0.2, 0) is 11.3 Å². The number of pyridine rings is 1. The van der Waals surface area contributed by atoms with Crippen LogP contribution < -0.4 is 4.74 Å². The Hall–Kier alpha value is -3.32. The molecule has 0 bridgehead atoms. The molecule has 0 unspecified atom stereocenters. The molecule has 3 heterocycles. The van der Waals surface area contributed by atoms with Gasteiger partial charge < -0.3 is 9.47 Å². The monoisotopic (exact) mass is 333 g/mol. The molecule has 124 valence electrons. The zero-order valence-corrected chi connectivity index (χ0v) is 13.5. The molecule has 0 saturated carbocycles. The number of aromatic nitrogens is 5. The number of hydrogen-bond acceptors (Lipinski definition) is 6. The van der Waals surface area contributed by atoms with Crippen LogP contribution in [0.1, 0.15) is 5.69 Å². The molecule has 0 saturated heterocycles. The number of rotatable bonds is 5. The molecule has 1 aromatic carbocycles. The van der Waals surface area contributed by atoms with Crippen molar-refractivity contribution in [1.82, 2.24) is 24.6 Å². The smallest absolute Gasteiger partial charge is 0.255 e. The summed E-state index contributed by atoms with van der Waals surface area (Å²) < 4.78 is 12.6. The van der Waals surface area contributed by atoms with E-state index in [0.29, 0.717) is 29.7 Å². The Morgan fingerprint density at radius 3 is 2.68 bits per heavy atom. The van der Waals surface area contributed by atoms with Crippen LogP contribution in [0.4, 0.5) is 0 Å². The standard InChI is InChI=1S/C18H15N5O2/c1-24-11-14-9-17(23-18(22-14)20-12-21-23)25-15-7-8-16(19-10-15)13-5-3-2-4-6-13/h2-10,12H,11H2,1H3. The van der Waals surface area contributed by atoms with E-state index in [2.05, 4.69) is 20.1 Å². The van der Waals surface area contributed by atoms with Crippen LogP contribution in [0.3, 0.4) is 0 Å². The van der Waals surface area contributed by atoms with Gasteiger partial charge in [0.1, 0.15) is 12.1 Å². The summed E-state index contributed by atoms with van der Waals surface area (Å²) in [5, 5.41) is 4.14. The second-order valence-electron chi connectivity index (χ2n) is 5.34. The fraction of sp³-hybridized carbons (Fsp3) is 0.111. The SMILES string of the molecule is COCc1cc(Oc2ccc(-c3ccccc3)nc2)n2ncnc2n1. The maximum Gasteiger partial charge on any atom is 0.255 e. The van der Waals surface area contributed by atoms with Crippen molar-refractivity contribution in [3.05, 3.63) is 66.7 Å². The Morgan fingerprint density at radius 1 is 1.04 bits per heavy atom. The third kappa shape index (κ3) is 3.17. The van der Waals surface area contributed by atoms with Crippen LogP contribution in [0.25, 0.3) is 17.0 Å². The molecular weight excluding hydrogens is 318 g/mol. The largest absolute Gasteiger partial charge is 0.437 e. The summed E-state index contributed by atoms with van der Waals surface area (Å²) in [7, 11) is 1.61. The van der Waals surface area contributed by atoms with Crippen LogP contribution in [0.15, 0.2) is 61.1 Å². The molecule has 0 aliphatic carbocycles. The third-order valence-electron chi connectivity index (χ3n) is 3.59. The zero-order valence-electron chi connectivity index (χ0n) is 13.5. The first kappa shape index (κ1) is 15.2. The van der Waals surface area contributed by atoms with E-state index in [4.69, 9.17) is 9.47 Å². The van der Waals surface area contributed by atoms with E-state index < -0.39 is 0 Å². The molecule has 0 aliphatic rings. The van der Waals surface area contributed by atoms with E-state index >= 15 is 0 Å². The molecule has 0 aliphatic heterocycles. The summed E-state index contributed by atoms with van der Waals surface area (Å²) in [5.41, 5.74) is 2.65. The van der Waals surface area contributed by atoms with Gasteiger partial charge in [-0.25, -0.2) is 4.98 Å². The van der Waals surface area contributed by atoms with Gasteiger partial charge in [0.15, 0.2) is 0 Å². The van der Waals surface area contributed by atoms with Crippen molar-refractivity contribution < 1.29 is 9.47 Å². The topological polar surface area (TPSA) is 74.4 Å². The summed E-state index contributed by atoms with van der Waals surface area (Å²) in [6.07, 6.45) is 3.12. The van der Waals surface area contributed by atoms with E-state index in [1.807, 2.05) is 42.5 Å².